The topological polar surface area (TPSA) is 24.9 Å². The first-order chi connectivity index (χ1) is 10.0. The third-order valence-corrected chi connectivity index (χ3v) is 3.66. The van der Waals surface area contributed by atoms with E-state index in [1.165, 1.54) is 12.3 Å². The Hall–Kier alpha value is -1.81. The van der Waals surface area contributed by atoms with Crippen LogP contribution in [0.5, 0.6) is 0 Å². The SMILES string of the molecule is CCC(NC(C)c1ccc(C)c(F)c1)c1ccc(F)cn1. The minimum atomic E-state index is -0.345. The zero-order valence-corrected chi connectivity index (χ0v) is 12.5. The molecule has 2 unspecified atom stereocenters. The average molecular weight is 290 g/mol. The summed E-state index contributed by atoms with van der Waals surface area (Å²) >= 11 is 0. The van der Waals surface area contributed by atoms with Crippen LogP contribution in [0.25, 0.3) is 0 Å². The summed E-state index contributed by atoms with van der Waals surface area (Å²) in [4.78, 5) is 4.12. The van der Waals surface area contributed by atoms with E-state index in [4.69, 9.17) is 0 Å². The lowest BCUT2D eigenvalue weighted by atomic mass is 10.0. The van der Waals surface area contributed by atoms with E-state index < -0.39 is 0 Å². The first kappa shape index (κ1) is 15.6. The van der Waals surface area contributed by atoms with Gasteiger partial charge in [0, 0.05) is 12.1 Å². The molecule has 0 saturated heterocycles. The van der Waals surface area contributed by atoms with Crippen molar-refractivity contribution >= 4 is 0 Å². The summed E-state index contributed by atoms with van der Waals surface area (Å²) in [5, 5.41) is 3.41. The van der Waals surface area contributed by atoms with Crippen LogP contribution < -0.4 is 5.32 Å². The fourth-order valence-corrected chi connectivity index (χ4v) is 2.28. The third-order valence-electron chi connectivity index (χ3n) is 3.66. The predicted molar refractivity (Wildman–Crippen MR) is 79.9 cm³/mol. The Bertz CT molecular complexity index is 596. The van der Waals surface area contributed by atoms with Gasteiger partial charge in [-0.15, -0.1) is 0 Å². The van der Waals surface area contributed by atoms with Crippen LogP contribution in [0.15, 0.2) is 36.5 Å². The molecule has 0 aliphatic rings. The van der Waals surface area contributed by atoms with Crippen LogP contribution in [0, 0.1) is 18.6 Å². The van der Waals surface area contributed by atoms with Gasteiger partial charge in [-0.1, -0.05) is 19.1 Å². The summed E-state index contributed by atoms with van der Waals surface area (Å²) in [5.74, 6) is -0.545. The van der Waals surface area contributed by atoms with Gasteiger partial charge in [-0.05, 0) is 49.6 Å². The van der Waals surface area contributed by atoms with Crippen LogP contribution in [0.2, 0.25) is 0 Å². The number of halogens is 2. The van der Waals surface area contributed by atoms with Crippen molar-refractivity contribution in [3.05, 3.63) is 65.0 Å². The molecule has 0 fully saturated rings. The molecular weight excluding hydrogens is 270 g/mol. The second kappa shape index (κ2) is 6.76. The quantitative estimate of drug-likeness (QED) is 0.878. The number of hydrogen-bond acceptors (Lipinski definition) is 2. The van der Waals surface area contributed by atoms with Crippen molar-refractivity contribution in [2.75, 3.05) is 0 Å². The lowest BCUT2D eigenvalue weighted by Crippen LogP contribution is -2.25. The van der Waals surface area contributed by atoms with Crippen LogP contribution in [0.1, 0.15) is 49.2 Å². The van der Waals surface area contributed by atoms with E-state index in [0.717, 1.165) is 17.7 Å². The normalized spacial score (nSPS) is 14.0. The highest BCUT2D eigenvalue weighted by Gasteiger charge is 2.15. The number of aryl methyl sites for hydroxylation is 1. The first-order valence-electron chi connectivity index (χ1n) is 7.14. The Morgan fingerprint density at radius 3 is 2.52 bits per heavy atom. The Balaban J connectivity index is 2.13. The molecule has 0 radical (unpaired) electrons. The molecule has 0 aliphatic heterocycles. The van der Waals surface area contributed by atoms with Crippen molar-refractivity contribution in [2.45, 2.75) is 39.3 Å². The number of hydrogen-bond donors (Lipinski definition) is 1. The number of benzene rings is 1. The number of nitrogens with zero attached hydrogens (tertiary/aromatic N) is 1. The Morgan fingerprint density at radius 1 is 1.19 bits per heavy atom. The summed E-state index contributed by atoms with van der Waals surface area (Å²) in [6.07, 6.45) is 2.03. The smallest absolute Gasteiger partial charge is 0.141 e. The molecule has 1 heterocycles. The Kier molecular flexibility index (Phi) is 5.02. The summed E-state index contributed by atoms with van der Waals surface area (Å²) in [6.45, 7) is 5.76. The summed E-state index contributed by atoms with van der Waals surface area (Å²) in [6, 6.07) is 8.32. The second-order valence-electron chi connectivity index (χ2n) is 5.26. The molecule has 0 bridgehead atoms. The van der Waals surface area contributed by atoms with Gasteiger partial charge in [0.05, 0.1) is 11.9 Å². The van der Waals surface area contributed by atoms with Gasteiger partial charge >= 0.3 is 0 Å². The largest absolute Gasteiger partial charge is 0.302 e. The minimum Gasteiger partial charge on any atom is -0.302 e. The molecule has 4 heteroatoms. The van der Waals surface area contributed by atoms with E-state index in [2.05, 4.69) is 10.3 Å². The number of nitrogens with one attached hydrogen (secondary N) is 1. The molecule has 1 aromatic carbocycles. The number of pyridine rings is 1. The highest BCUT2D eigenvalue weighted by Crippen LogP contribution is 2.22. The minimum absolute atomic E-state index is 0.00460. The summed E-state index contributed by atoms with van der Waals surface area (Å²) in [7, 11) is 0. The van der Waals surface area contributed by atoms with Crippen LogP contribution in [-0.2, 0) is 0 Å². The molecule has 2 atom stereocenters. The molecule has 21 heavy (non-hydrogen) atoms. The lowest BCUT2D eigenvalue weighted by Gasteiger charge is -2.22. The van der Waals surface area contributed by atoms with Crippen LogP contribution in [0.3, 0.4) is 0 Å². The molecular formula is C17H20F2N2. The second-order valence-corrected chi connectivity index (χ2v) is 5.26. The van der Waals surface area contributed by atoms with Crippen molar-refractivity contribution in [1.82, 2.24) is 10.3 Å². The highest BCUT2D eigenvalue weighted by molar-refractivity contribution is 5.25. The van der Waals surface area contributed by atoms with Crippen molar-refractivity contribution < 1.29 is 8.78 Å². The molecule has 0 saturated carbocycles. The zero-order valence-electron chi connectivity index (χ0n) is 12.5. The van der Waals surface area contributed by atoms with Gasteiger partial charge < -0.3 is 5.32 Å². The Morgan fingerprint density at radius 2 is 1.95 bits per heavy atom. The van der Waals surface area contributed by atoms with Gasteiger partial charge in [0.15, 0.2) is 0 Å². The monoisotopic (exact) mass is 290 g/mol. The van der Waals surface area contributed by atoms with Gasteiger partial charge in [0.1, 0.15) is 11.6 Å². The first-order valence-corrected chi connectivity index (χ1v) is 7.14. The van der Waals surface area contributed by atoms with E-state index >= 15 is 0 Å². The van der Waals surface area contributed by atoms with E-state index in [-0.39, 0.29) is 23.7 Å². The predicted octanol–water partition coefficient (Wildman–Crippen LogP) is 4.47. The molecule has 1 aromatic heterocycles. The molecule has 0 amide bonds. The maximum atomic E-state index is 13.6. The summed E-state index contributed by atoms with van der Waals surface area (Å²) < 4.78 is 26.6. The van der Waals surface area contributed by atoms with E-state index in [1.54, 1.807) is 25.1 Å². The number of rotatable bonds is 5. The van der Waals surface area contributed by atoms with Crippen LogP contribution in [0.4, 0.5) is 8.78 Å². The molecule has 2 nitrogen and oxygen atoms in total. The molecule has 0 spiro atoms. The van der Waals surface area contributed by atoms with Crippen molar-refractivity contribution in [3.63, 3.8) is 0 Å². The fraction of sp³-hybridized carbons (Fsp3) is 0.353. The molecule has 0 aliphatic carbocycles. The van der Waals surface area contributed by atoms with E-state index in [1.807, 2.05) is 19.9 Å². The van der Waals surface area contributed by atoms with Gasteiger partial charge in [-0.25, -0.2) is 8.78 Å². The van der Waals surface area contributed by atoms with Gasteiger partial charge in [0.25, 0.3) is 0 Å². The standard InChI is InChI=1S/C17H20F2N2/c1-4-16(17-8-7-14(18)10-20-17)21-12(3)13-6-5-11(2)15(19)9-13/h5-10,12,16,21H,4H2,1-3H3. The van der Waals surface area contributed by atoms with Gasteiger partial charge in [-0.3, -0.25) is 4.98 Å². The maximum absolute atomic E-state index is 13.6. The molecule has 112 valence electrons. The van der Waals surface area contributed by atoms with Gasteiger partial charge in [-0.2, -0.15) is 0 Å². The van der Waals surface area contributed by atoms with Gasteiger partial charge in [0.2, 0.25) is 0 Å². The van der Waals surface area contributed by atoms with Crippen LogP contribution >= 0.6 is 0 Å². The highest BCUT2D eigenvalue weighted by atomic mass is 19.1. The van der Waals surface area contributed by atoms with E-state index in [0.29, 0.717) is 5.56 Å². The maximum Gasteiger partial charge on any atom is 0.141 e. The van der Waals surface area contributed by atoms with Crippen molar-refractivity contribution in [2.24, 2.45) is 0 Å². The lowest BCUT2D eigenvalue weighted by molar-refractivity contribution is 0.445. The number of aromatic nitrogens is 1. The van der Waals surface area contributed by atoms with Crippen molar-refractivity contribution in [1.29, 1.82) is 0 Å². The molecule has 2 aromatic rings. The average Bonchev–Trinajstić information content (AvgIpc) is 2.48. The fourth-order valence-electron chi connectivity index (χ4n) is 2.28. The molecule has 1 N–H and O–H groups in total. The molecule has 2 rings (SSSR count). The third kappa shape index (κ3) is 3.85. The van der Waals surface area contributed by atoms with E-state index in [9.17, 15) is 8.78 Å². The zero-order chi connectivity index (χ0) is 15.4. The summed E-state index contributed by atoms with van der Waals surface area (Å²) in [5.41, 5.74) is 2.31. The van der Waals surface area contributed by atoms with Crippen LogP contribution in [-0.4, -0.2) is 4.98 Å². The van der Waals surface area contributed by atoms with Crippen molar-refractivity contribution in [3.8, 4) is 0 Å². The Labute approximate surface area is 124 Å².